The molecule has 0 spiro atoms. The van der Waals surface area contributed by atoms with Crippen LogP contribution < -0.4 is 29.7 Å². The lowest BCUT2D eigenvalue weighted by Crippen LogP contribution is -3.11. The number of ether oxygens (including phenoxy) is 3. The zero-order valence-corrected chi connectivity index (χ0v) is 19.0. The van der Waals surface area contributed by atoms with E-state index in [4.69, 9.17) is 14.2 Å². The van der Waals surface area contributed by atoms with E-state index in [0.29, 0.717) is 17.2 Å². The van der Waals surface area contributed by atoms with Gasteiger partial charge in [-0.15, -0.1) is 0 Å². The number of carbonyl (C=O) groups excluding carboxylic acids is 2. The maximum absolute atomic E-state index is 12.4. The number of anilines is 1. The van der Waals surface area contributed by atoms with Gasteiger partial charge >= 0.3 is 0 Å². The summed E-state index contributed by atoms with van der Waals surface area (Å²) in [5.41, 5.74) is 3.71. The predicted octanol–water partition coefficient (Wildman–Crippen LogP) is 1.10. The van der Waals surface area contributed by atoms with Gasteiger partial charge in [0, 0.05) is 23.9 Å². The number of benzene rings is 2. The number of hydrogen-bond acceptors (Lipinski definition) is 5. The van der Waals surface area contributed by atoms with E-state index in [1.54, 1.807) is 40.5 Å². The Morgan fingerprint density at radius 1 is 0.903 bits per heavy atom. The van der Waals surface area contributed by atoms with Crippen molar-refractivity contribution in [2.45, 2.75) is 20.4 Å². The van der Waals surface area contributed by atoms with Gasteiger partial charge in [0.05, 0.1) is 28.4 Å². The van der Waals surface area contributed by atoms with Crippen LogP contribution in [0.1, 0.15) is 16.7 Å². The molecule has 168 valence electrons. The minimum absolute atomic E-state index is 0.138. The predicted molar refractivity (Wildman–Crippen MR) is 119 cm³/mol. The van der Waals surface area contributed by atoms with Crippen LogP contribution in [-0.2, 0) is 16.1 Å². The smallest absolute Gasteiger partial charge is 0.279 e. The summed E-state index contributed by atoms with van der Waals surface area (Å²) in [6.45, 7) is 4.58. The zero-order chi connectivity index (χ0) is 23.0. The molecule has 2 aromatic carbocycles. The Bertz CT molecular complexity index is 930. The van der Waals surface area contributed by atoms with Gasteiger partial charge < -0.3 is 29.7 Å². The Morgan fingerprint density at radius 2 is 1.52 bits per heavy atom. The molecule has 0 fully saturated rings. The molecule has 0 saturated carbocycles. The zero-order valence-electron chi connectivity index (χ0n) is 19.0. The van der Waals surface area contributed by atoms with Gasteiger partial charge in [-0.1, -0.05) is 12.1 Å². The molecule has 0 radical (unpaired) electrons. The Kier molecular flexibility index (Phi) is 8.69. The largest absolute Gasteiger partial charge is 0.496 e. The summed E-state index contributed by atoms with van der Waals surface area (Å²) in [7, 11) is 6.46. The van der Waals surface area contributed by atoms with E-state index in [1.807, 2.05) is 32.0 Å². The van der Waals surface area contributed by atoms with Crippen LogP contribution >= 0.6 is 0 Å². The van der Waals surface area contributed by atoms with E-state index < -0.39 is 0 Å². The monoisotopic (exact) mass is 430 g/mol. The normalized spacial score (nSPS) is 11.4. The maximum Gasteiger partial charge on any atom is 0.279 e. The molecule has 8 nitrogen and oxygen atoms in total. The Balaban J connectivity index is 1.89. The third-order valence-corrected chi connectivity index (χ3v) is 5.07. The lowest BCUT2D eigenvalue weighted by molar-refractivity contribution is -0.862. The molecule has 3 N–H and O–H groups in total. The lowest BCUT2D eigenvalue weighted by Gasteiger charge is -2.16. The fourth-order valence-electron chi connectivity index (χ4n) is 3.18. The molecule has 2 amide bonds. The van der Waals surface area contributed by atoms with E-state index in [9.17, 15) is 9.59 Å². The fraction of sp³-hybridized carbons (Fsp3) is 0.391. The summed E-state index contributed by atoms with van der Waals surface area (Å²) in [4.78, 5) is 25.5. The first-order valence-corrected chi connectivity index (χ1v) is 10.0. The van der Waals surface area contributed by atoms with Gasteiger partial charge in [-0.25, -0.2) is 0 Å². The van der Waals surface area contributed by atoms with Crippen LogP contribution in [-0.4, -0.2) is 53.3 Å². The molecule has 2 aromatic rings. The average Bonchev–Trinajstić information content (AvgIpc) is 2.74. The topological polar surface area (TPSA) is 90.3 Å². The first-order valence-electron chi connectivity index (χ1n) is 10.0. The first-order chi connectivity index (χ1) is 14.8. The molecule has 2 rings (SSSR count). The molecule has 8 heteroatoms. The molecular formula is C23H32N3O5+. The summed E-state index contributed by atoms with van der Waals surface area (Å²) >= 11 is 0. The summed E-state index contributed by atoms with van der Waals surface area (Å²) in [6.07, 6.45) is 0. The van der Waals surface area contributed by atoms with E-state index in [2.05, 4.69) is 10.6 Å². The van der Waals surface area contributed by atoms with Crippen LogP contribution in [0.5, 0.6) is 17.2 Å². The molecular weight excluding hydrogens is 398 g/mol. The van der Waals surface area contributed by atoms with E-state index >= 15 is 0 Å². The molecule has 1 unspecified atom stereocenters. The van der Waals surface area contributed by atoms with E-state index in [1.165, 1.54) is 0 Å². The number of methoxy groups -OCH3 is 3. The highest BCUT2D eigenvalue weighted by Gasteiger charge is 2.17. The average molecular weight is 431 g/mol. The lowest BCUT2D eigenvalue weighted by atomic mass is 10.1. The summed E-state index contributed by atoms with van der Waals surface area (Å²) in [5, 5.41) is 5.78. The van der Waals surface area contributed by atoms with Crippen molar-refractivity contribution in [3.05, 3.63) is 47.0 Å². The molecule has 31 heavy (non-hydrogen) atoms. The standard InChI is InChI=1S/C23H31N3O5/c1-15-8-7-9-18(16(15)2)25-23(28)14-26(3)13-22(27)24-12-17-10-20(30-5)21(31-6)11-19(17)29-4/h7-11H,12-14H2,1-6H3,(H,24,27)(H,25,28)/p+1. The summed E-state index contributed by atoms with van der Waals surface area (Å²) in [6, 6.07) is 9.27. The van der Waals surface area contributed by atoms with Gasteiger partial charge in [-0.3, -0.25) is 9.59 Å². The molecule has 0 saturated heterocycles. The highest BCUT2D eigenvalue weighted by molar-refractivity contribution is 5.92. The van der Waals surface area contributed by atoms with Gasteiger partial charge in [0.1, 0.15) is 5.75 Å². The highest BCUT2D eigenvalue weighted by atomic mass is 16.5. The molecule has 0 aliphatic heterocycles. The molecule has 0 aromatic heterocycles. The van der Waals surface area contributed by atoms with Crippen molar-refractivity contribution in [3.8, 4) is 17.2 Å². The summed E-state index contributed by atoms with van der Waals surface area (Å²) < 4.78 is 16.0. The Labute approximate surface area is 183 Å². The number of nitrogens with one attached hydrogen (secondary N) is 3. The maximum atomic E-state index is 12.4. The van der Waals surface area contributed by atoms with Crippen molar-refractivity contribution in [2.75, 3.05) is 46.8 Å². The number of aryl methyl sites for hydroxylation is 1. The molecule has 0 heterocycles. The van der Waals surface area contributed by atoms with Crippen molar-refractivity contribution in [3.63, 3.8) is 0 Å². The van der Waals surface area contributed by atoms with Crippen LogP contribution in [0, 0.1) is 13.8 Å². The van der Waals surface area contributed by atoms with E-state index in [0.717, 1.165) is 27.3 Å². The van der Waals surface area contributed by atoms with Crippen LogP contribution in [0.2, 0.25) is 0 Å². The SMILES string of the molecule is COc1cc(OC)c(OC)cc1CNC(=O)C[NH+](C)CC(=O)Nc1cccc(C)c1C. The van der Waals surface area contributed by atoms with Gasteiger partial charge in [0.15, 0.2) is 24.6 Å². The van der Waals surface area contributed by atoms with Gasteiger partial charge in [-0.05, 0) is 37.1 Å². The number of likely N-dealkylation sites (N-methyl/N-ethyl adjacent to an activating group) is 1. The van der Waals surface area contributed by atoms with Crippen LogP contribution in [0.3, 0.4) is 0 Å². The summed E-state index contributed by atoms with van der Waals surface area (Å²) in [5.74, 6) is 1.38. The molecule has 0 bridgehead atoms. The highest BCUT2D eigenvalue weighted by Crippen LogP contribution is 2.34. The van der Waals surface area contributed by atoms with Crippen LogP contribution in [0.4, 0.5) is 5.69 Å². The van der Waals surface area contributed by atoms with E-state index in [-0.39, 0.29) is 31.4 Å². The minimum atomic E-state index is -0.172. The van der Waals surface area contributed by atoms with Crippen molar-refractivity contribution in [2.24, 2.45) is 0 Å². The van der Waals surface area contributed by atoms with Gasteiger partial charge in [-0.2, -0.15) is 0 Å². The fourth-order valence-corrected chi connectivity index (χ4v) is 3.18. The minimum Gasteiger partial charge on any atom is -0.496 e. The number of amides is 2. The quantitative estimate of drug-likeness (QED) is 0.525. The third kappa shape index (κ3) is 6.62. The number of quaternary nitrogens is 1. The number of rotatable bonds is 10. The van der Waals surface area contributed by atoms with Gasteiger partial charge in [0.2, 0.25) is 0 Å². The van der Waals surface area contributed by atoms with Crippen LogP contribution in [0.15, 0.2) is 30.3 Å². The second-order valence-electron chi connectivity index (χ2n) is 7.40. The van der Waals surface area contributed by atoms with Crippen molar-refractivity contribution < 1.29 is 28.7 Å². The van der Waals surface area contributed by atoms with Crippen molar-refractivity contribution in [1.82, 2.24) is 5.32 Å². The Hall–Kier alpha value is -3.26. The van der Waals surface area contributed by atoms with Crippen LogP contribution in [0.25, 0.3) is 0 Å². The number of carbonyl (C=O) groups is 2. The van der Waals surface area contributed by atoms with Gasteiger partial charge in [0.25, 0.3) is 11.8 Å². The molecule has 0 aliphatic carbocycles. The second-order valence-corrected chi connectivity index (χ2v) is 7.40. The third-order valence-electron chi connectivity index (χ3n) is 5.07. The molecule has 1 atom stereocenters. The first kappa shape index (κ1) is 24.0. The van der Waals surface area contributed by atoms with Crippen molar-refractivity contribution >= 4 is 17.5 Å². The second kappa shape index (κ2) is 11.2. The number of hydrogen-bond donors (Lipinski definition) is 3. The Morgan fingerprint density at radius 3 is 2.16 bits per heavy atom. The molecule has 0 aliphatic rings. The van der Waals surface area contributed by atoms with Crippen molar-refractivity contribution in [1.29, 1.82) is 0 Å².